The van der Waals surface area contributed by atoms with Crippen molar-refractivity contribution in [3.8, 4) is 0 Å². The van der Waals surface area contributed by atoms with Crippen LogP contribution in [0.15, 0.2) is 84.9 Å². The second-order valence-electron chi connectivity index (χ2n) is 19.4. The van der Waals surface area contributed by atoms with Gasteiger partial charge >= 0.3 is 0 Å². The monoisotopic (exact) mass is 1320 g/mol. The maximum Gasteiger partial charge on any atom is 0.167 e. The van der Waals surface area contributed by atoms with Crippen molar-refractivity contribution in [2.24, 2.45) is 5.92 Å². The Morgan fingerprint density at radius 3 is 1.01 bits per heavy atom. The summed E-state index contributed by atoms with van der Waals surface area (Å²) in [5.41, 5.74) is 6.73. The van der Waals surface area contributed by atoms with Crippen LogP contribution in [0.2, 0.25) is 0 Å². The minimum Gasteiger partial charge on any atom is -0.207 e. The quantitative estimate of drug-likeness (QED) is 0.0848. The molecular weight excluding hydrogens is 1160 g/mol. The Balaban J connectivity index is -0.0000000493. The van der Waals surface area contributed by atoms with Crippen molar-refractivity contribution in [2.45, 2.75) is 338 Å². The Kier molecular flexibility index (Phi) is 105. The number of aryl methyl sites for hydroxylation is 7. The van der Waals surface area contributed by atoms with Gasteiger partial charge in [0, 0.05) is 11.8 Å². The number of benzene rings is 6. The summed E-state index contributed by atoms with van der Waals surface area (Å²) in [6.07, 6.45) is 18.2. The van der Waals surface area contributed by atoms with Gasteiger partial charge in [-0.2, -0.15) is 0 Å². The maximum atomic E-state index is 14.3. The van der Waals surface area contributed by atoms with Gasteiger partial charge in [-0.05, 0) is 143 Å². The lowest BCUT2D eigenvalue weighted by atomic mass is 9.80. The molecule has 92 heavy (non-hydrogen) atoms. The van der Waals surface area contributed by atoms with E-state index in [1.54, 1.807) is 54.6 Å². The lowest BCUT2D eigenvalue weighted by Crippen LogP contribution is -2.17. The Labute approximate surface area is 574 Å². The molecule has 6 aromatic rings. The van der Waals surface area contributed by atoms with Crippen molar-refractivity contribution < 1.29 is 35.1 Å². The van der Waals surface area contributed by atoms with Crippen LogP contribution in [0.3, 0.4) is 0 Å². The predicted molar refractivity (Wildman–Crippen MR) is 420 cm³/mol. The highest BCUT2D eigenvalue weighted by molar-refractivity contribution is 5.88. The summed E-state index contributed by atoms with van der Waals surface area (Å²) in [6, 6.07) is 23.9. The number of hydrogen-bond donors (Lipinski definition) is 0. The molecule has 0 radical (unpaired) electrons. The predicted octanol–water partition coefficient (Wildman–Crippen LogP) is 32.6. The van der Waals surface area contributed by atoms with Gasteiger partial charge in [-0.25, -0.2) is 35.1 Å². The third kappa shape index (κ3) is 41.7. The number of hydrogen-bond acceptors (Lipinski definition) is 0. The molecule has 0 heterocycles. The summed E-state index contributed by atoms with van der Waals surface area (Å²) in [7, 11) is 0. The third-order valence-corrected chi connectivity index (χ3v) is 13.3. The van der Waals surface area contributed by atoms with E-state index in [2.05, 4.69) is 41.5 Å². The van der Waals surface area contributed by atoms with E-state index in [0.29, 0.717) is 82.4 Å². The SMILES string of the molecule is C.C.C.C.C.C.C.C.C.C.C.C.C.C.C.C.C.C.CCCC.CCCC.CCCc1cc2c(c(F)c1F)CC(CCC)CC2.CCCc1cc2ccc(CCC)c(C)c2c(F)c1F.CCCc1ccc(CCC)c(F)c1F.Fc1ccccc1Cc1ccccc1F. The first-order valence-corrected chi connectivity index (χ1v) is 27.9. The molecule has 8 heteroatoms. The van der Waals surface area contributed by atoms with Gasteiger partial charge in [0.2, 0.25) is 0 Å². The molecule has 1 unspecified atom stereocenters. The zero-order valence-corrected chi connectivity index (χ0v) is 46.8. The van der Waals surface area contributed by atoms with Gasteiger partial charge in [-0.3, -0.25) is 0 Å². The van der Waals surface area contributed by atoms with E-state index in [1.165, 1.54) is 37.8 Å². The van der Waals surface area contributed by atoms with Gasteiger partial charge in [-0.15, -0.1) is 0 Å². The van der Waals surface area contributed by atoms with Crippen molar-refractivity contribution in [1.29, 1.82) is 0 Å². The van der Waals surface area contributed by atoms with Crippen LogP contribution in [0.1, 0.15) is 336 Å². The van der Waals surface area contributed by atoms with Crippen LogP contribution in [0, 0.1) is 59.4 Å². The molecule has 7 rings (SSSR count). The zero-order valence-electron chi connectivity index (χ0n) is 46.8. The van der Waals surface area contributed by atoms with Gasteiger partial charge < -0.3 is 0 Å². The van der Waals surface area contributed by atoms with Crippen LogP contribution in [0.5, 0.6) is 0 Å². The Bertz CT molecular complexity index is 2460. The first-order chi connectivity index (χ1) is 35.6. The fraction of sp³-hybridized carbons (Fsp3) is 0.595. The first-order valence-electron chi connectivity index (χ1n) is 27.9. The molecule has 0 saturated carbocycles. The summed E-state index contributed by atoms with van der Waals surface area (Å²) < 4.78 is 110. The molecule has 1 aliphatic rings. The largest absolute Gasteiger partial charge is 0.207 e. The number of rotatable bonds is 16. The Morgan fingerprint density at radius 2 is 0.652 bits per heavy atom. The van der Waals surface area contributed by atoms with Crippen molar-refractivity contribution in [1.82, 2.24) is 0 Å². The second kappa shape index (κ2) is 73.4. The zero-order chi connectivity index (χ0) is 55.2. The molecule has 0 bridgehead atoms. The second-order valence-corrected chi connectivity index (χ2v) is 19.4. The molecule has 0 saturated heterocycles. The van der Waals surface area contributed by atoms with E-state index in [0.717, 1.165) is 92.7 Å². The summed E-state index contributed by atoms with van der Waals surface area (Å²) >= 11 is 0. The molecule has 0 aromatic heterocycles. The van der Waals surface area contributed by atoms with Gasteiger partial charge in [-0.1, -0.05) is 340 Å². The van der Waals surface area contributed by atoms with E-state index in [4.69, 9.17) is 0 Å². The van der Waals surface area contributed by atoms with Crippen molar-refractivity contribution in [3.63, 3.8) is 0 Å². The maximum absolute atomic E-state index is 14.3. The van der Waals surface area contributed by atoms with Crippen molar-refractivity contribution in [3.05, 3.63) is 187 Å². The van der Waals surface area contributed by atoms with E-state index in [9.17, 15) is 35.1 Å². The molecule has 0 aliphatic heterocycles. The van der Waals surface area contributed by atoms with Crippen LogP contribution in [-0.4, -0.2) is 0 Å². The molecular formula is C84H160F8. The number of halogens is 8. The standard InChI is InChI=1S/C17H20F2.C16H22F2.C13H10F2.C12H16F2.2C4H10.18CH4/c1-4-6-12-8-9-13-10-14(7-5-2)16(18)17(19)15(13)11(12)3;1-3-5-11-7-8-12-10-13(6-4-2)15(17)16(18)14(12)9-11;14-12-7-3-1-5-10(12)9-11-6-2-4-8-13(11)15;1-3-5-9-7-8-10(6-4-2)12(14)11(9)13;2*1-3-4-2;;;;;;;;;;;;;;;;;;/h8-10H,4-7H2,1-3H3;10-11H,3-9H2,1-2H3;1-8H,9H2;7-8H,3-6H2,1-2H3;2*3-4H2,1-2H3;18*1H4. The molecule has 6 aromatic carbocycles. The fourth-order valence-electron chi connectivity index (χ4n) is 8.80. The molecule has 0 nitrogen and oxygen atoms in total. The van der Waals surface area contributed by atoms with Crippen LogP contribution < -0.4 is 0 Å². The van der Waals surface area contributed by atoms with Gasteiger partial charge in [0.25, 0.3) is 0 Å². The van der Waals surface area contributed by atoms with E-state index in [1.807, 2.05) is 52.8 Å². The number of unbranched alkanes of at least 4 members (excludes halogenated alkanes) is 2. The summed E-state index contributed by atoms with van der Waals surface area (Å²) in [5.74, 6) is -3.89. The number of fused-ring (bicyclic) bond motifs is 2. The molecule has 0 N–H and O–H groups in total. The molecule has 0 spiro atoms. The molecule has 1 aliphatic carbocycles. The summed E-state index contributed by atoms with van der Waals surface area (Å²) in [4.78, 5) is 0. The van der Waals surface area contributed by atoms with Crippen LogP contribution in [-0.2, 0) is 51.4 Å². The smallest absolute Gasteiger partial charge is 0.167 e. The average Bonchev–Trinajstić information content (AvgIpc) is 3.40. The Hall–Kier alpha value is -4.98. The highest BCUT2D eigenvalue weighted by Crippen LogP contribution is 2.33. The lowest BCUT2D eigenvalue weighted by Gasteiger charge is -2.25. The fourth-order valence-corrected chi connectivity index (χ4v) is 8.80. The van der Waals surface area contributed by atoms with Crippen LogP contribution in [0.25, 0.3) is 10.8 Å². The van der Waals surface area contributed by atoms with Crippen LogP contribution >= 0.6 is 0 Å². The van der Waals surface area contributed by atoms with Crippen LogP contribution in [0.4, 0.5) is 35.1 Å². The van der Waals surface area contributed by atoms with Gasteiger partial charge in [0.1, 0.15) is 11.6 Å². The molecule has 0 amide bonds. The van der Waals surface area contributed by atoms with Gasteiger partial charge in [0.15, 0.2) is 34.9 Å². The molecule has 0 fully saturated rings. The topological polar surface area (TPSA) is 0 Å². The minimum atomic E-state index is -0.684. The average molecular weight is 1320 g/mol. The van der Waals surface area contributed by atoms with Gasteiger partial charge in [0.05, 0.1) is 0 Å². The first kappa shape index (κ1) is 131. The minimum absolute atomic E-state index is 0. The van der Waals surface area contributed by atoms with E-state index < -0.39 is 34.9 Å². The summed E-state index contributed by atoms with van der Waals surface area (Å²) in [6.45, 7) is 22.7. The normalized spacial score (nSPS) is 9.92. The lowest BCUT2D eigenvalue weighted by molar-refractivity contribution is 0.400. The van der Waals surface area contributed by atoms with Crippen molar-refractivity contribution >= 4 is 10.8 Å². The summed E-state index contributed by atoms with van der Waals surface area (Å²) in [5, 5.41) is 1.25. The molecule has 1 atom stereocenters. The van der Waals surface area contributed by atoms with Crippen molar-refractivity contribution in [2.75, 3.05) is 0 Å². The highest BCUT2D eigenvalue weighted by atomic mass is 19.2. The highest BCUT2D eigenvalue weighted by Gasteiger charge is 2.25. The van der Waals surface area contributed by atoms with E-state index >= 15 is 0 Å². The third-order valence-electron chi connectivity index (χ3n) is 13.3. The molecule has 552 valence electrons. The Morgan fingerprint density at radius 1 is 0.326 bits per heavy atom. The van der Waals surface area contributed by atoms with E-state index in [-0.39, 0.29) is 145 Å².